The normalized spacial score (nSPS) is 12.4. The van der Waals surface area contributed by atoms with Crippen LogP contribution < -0.4 is 10.1 Å². The SMILES string of the molecule is Cc1ccc(C(C)C)c(OC[C@H](O)CNCc2ccccc2)c1. The summed E-state index contributed by atoms with van der Waals surface area (Å²) in [5.41, 5.74) is 3.56. The maximum atomic E-state index is 10.1. The molecule has 0 amide bonds. The Morgan fingerprint density at radius 1 is 1.09 bits per heavy atom. The lowest BCUT2D eigenvalue weighted by molar-refractivity contribution is 0.105. The molecule has 0 saturated heterocycles. The largest absolute Gasteiger partial charge is 0.491 e. The molecule has 0 bridgehead atoms. The number of aliphatic hydroxyl groups excluding tert-OH is 1. The van der Waals surface area contributed by atoms with Crippen LogP contribution in [0.5, 0.6) is 5.75 Å². The highest BCUT2D eigenvalue weighted by molar-refractivity contribution is 5.39. The van der Waals surface area contributed by atoms with E-state index < -0.39 is 6.10 Å². The molecule has 2 aromatic carbocycles. The first-order valence-electron chi connectivity index (χ1n) is 8.22. The Morgan fingerprint density at radius 3 is 2.52 bits per heavy atom. The third-order valence-corrected chi connectivity index (χ3v) is 3.77. The first-order chi connectivity index (χ1) is 11.1. The second-order valence-corrected chi connectivity index (χ2v) is 6.28. The van der Waals surface area contributed by atoms with Crippen LogP contribution in [0.2, 0.25) is 0 Å². The van der Waals surface area contributed by atoms with Crippen molar-refractivity contribution in [2.75, 3.05) is 13.2 Å². The van der Waals surface area contributed by atoms with Gasteiger partial charge in [-0.25, -0.2) is 0 Å². The Balaban J connectivity index is 1.80. The predicted octanol–water partition coefficient (Wildman–Crippen LogP) is 3.65. The Morgan fingerprint density at radius 2 is 1.83 bits per heavy atom. The molecule has 1 atom stereocenters. The van der Waals surface area contributed by atoms with Crippen LogP contribution in [0.3, 0.4) is 0 Å². The van der Waals surface area contributed by atoms with Crippen molar-refractivity contribution in [2.45, 2.75) is 39.3 Å². The van der Waals surface area contributed by atoms with Gasteiger partial charge in [0.05, 0.1) is 0 Å². The van der Waals surface area contributed by atoms with Crippen LogP contribution >= 0.6 is 0 Å². The summed E-state index contributed by atoms with van der Waals surface area (Å²) in [6.07, 6.45) is -0.528. The van der Waals surface area contributed by atoms with E-state index >= 15 is 0 Å². The van der Waals surface area contributed by atoms with Gasteiger partial charge in [0.25, 0.3) is 0 Å². The number of hydrogen-bond donors (Lipinski definition) is 2. The number of nitrogens with one attached hydrogen (secondary N) is 1. The average molecular weight is 313 g/mol. The quantitative estimate of drug-likeness (QED) is 0.781. The number of aliphatic hydroxyl groups is 1. The van der Waals surface area contributed by atoms with Gasteiger partial charge in [-0.3, -0.25) is 0 Å². The molecule has 0 aromatic heterocycles. The van der Waals surface area contributed by atoms with Crippen molar-refractivity contribution in [3.8, 4) is 5.75 Å². The van der Waals surface area contributed by atoms with Crippen molar-refractivity contribution in [2.24, 2.45) is 0 Å². The van der Waals surface area contributed by atoms with Crippen molar-refractivity contribution >= 4 is 0 Å². The third-order valence-electron chi connectivity index (χ3n) is 3.77. The van der Waals surface area contributed by atoms with Crippen LogP contribution in [0.15, 0.2) is 48.5 Å². The summed E-state index contributed by atoms with van der Waals surface area (Å²) >= 11 is 0. The zero-order valence-corrected chi connectivity index (χ0v) is 14.3. The standard InChI is InChI=1S/C20H27NO2/c1-15(2)19-10-9-16(3)11-20(19)23-14-18(22)13-21-12-17-7-5-4-6-8-17/h4-11,15,18,21-22H,12-14H2,1-3H3/t18-/m1/s1. The van der Waals surface area contributed by atoms with Gasteiger partial charge >= 0.3 is 0 Å². The third kappa shape index (κ3) is 5.70. The molecule has 0 aliphatic rings. The summed E-state index contributed by atoms with van der Waals surface area (Å²) < 4.78 is 5.85. The highest BCUT2D eigenvalue weighted by Crippen LogP contribution is 2.27. The first kappa shape index (κ1) is 17.5. The molecule has 0 spiro atoms. The zero-order chi connectivity index (χ0) is 16.7. The van der Waals surface area contributed by atoms with Gasteiger partial charge in [-0.1, -0.05) is 56.3 Å². The molecule has 0 unspecified atom stereocenters. The van der Waals surface area contributed by atoms with Crippen molar-refractivity contribution < 1.29 is 9.84 Å². The van der Waals surface area contributed by atoms with Crippen LogP contribution in [-0.4, -0.2) is 24.4 Å². The van der Waals surface area contributed by atoms with Gasteiger partial charge in [0.15, 0.2) is 0 Å². The Labute approximate surface area is 139 Å². The van der Waals surface area contributed by atoms with Gasteiger partial charge < -0.3 is 15.2 Å². The minimum atomic E-state index is -0.528. The molecule has 3 heteroatoms. The van der Waals surface area contributed by atoms with Crippen LogP contribution in [0.25, 0.3) is 0 Å². The molecule has 0 saturated carbocycles. The molecule has 2 aromatic rings. The maximum absolute atomic E-state index is 10.1. The fourth-order valence-electron chi connectivity index (χ4n) is 2.47. The van der Waals surface area contributed by atoms with E-state index in [1.54, 1.807) is 0 Å². The molecule has 0 heterocycles. The van der Waals surface area contributed by atoms with E-state index in [0.29, 0.717) is 19.1 Å². The molecule has 23 heavy (non-hydrogen) atoms. The molecular formula is C20H27NO2. The lowest BCUT2D eigenvalue weighted by Gasteiger charge is -2.17. The van der Waals surface area contributed by atoms with E-state index in [1.807, 2.05) is 24.3 Å². The number of rotatable bonds is 8. The smallest absolute Gasteiger partial charge is 0.123 e. The lowest BCUT2D eigenvalue weighted by atomic mass is 10.0. The highest BCUT2D eigenvalue weighted by atomic mass is 16.5. The van der Waals surface area contributed by atoms with E-state index in [4.69, 9.17) is 4.74 Å². The highest BCUT2D eigenvalue weighted by Gasteiger charge is 2.10. The second kappa shape index (κ2) is 8.70. The van der Waals surface area contributed by atoms with E-state index in [-0.39, 0.29) is 0 Å². The monoisotopic (exact) mass is 313 g/mol. The molecular weight excluding hydrogens is 286 g/mol. The van der Waals surface area contributed by atoms with Crippen LogP contribution in [0.1, 0.15) is 36.5 Å². The molecule has 3 nitrogen and oxygen atoms in total. The van der Waals surface area contributed by atoms with Crippen LogP contribution in [-0.2, 0) is 6.54 Å². The number of ether oxygens (including phenoxy) is 1. The fraction of sp³-hybridized carbons (Fsp3) is 0.400. The summed E-state index contributed by atoms with van der Waals surface area (Å²) in [5, 5.41) is 13.4. The minimum Gasteiger partial charge on any atom is -0.491 e. The Kier molecular flexibility index (Phi) is 6.63. The van der Waals surface area contributed by atoms with Gasteiger partial charge in [-0.05, 0) is 35.6 Å². The molecule has 124 valence electrons. The van der Waals surface area contributed by atoms with Gasteiger partial charge in [0, 0.05) is 13.1 Å². The van der Waals surface area contributed by atoms with E-state index in [2.05, 4.69) is 50.4 Å². The summed E-state index contributed by atoms with van der Waals surface area (Å²) in [7, 11) is 0. The van der Waals surface area contributed by atoms with Gasteiger partial charge in [-0.2, -0.15) is 0 Å². The summed E-state index contributed by atoms with van der Waals surface area (Å²) in [5.74, 6) is 1.28. The molecule has 0 aliphatic heterocycles. The van der Waals surface area contributed by atoms with E-state index in [1.165, 1.54) is 16.7 Å². The maximum Gasteiger partial charge on any atom is 0.123 e. The van der Waals surface area contributed by atoms with Gasteiger partial charge in [0.2, 0.25) is 0 Å². The Bertz CT molecular complexity index is 596. The lowest BCUT2D eigenvalue weighted by Crippen LogP contribution is -2.31. The van der Waals surface area contributed by atoms with Crippen molar-refractivity contribution in [3.63, 3.8) is 0 Å². The summed E-state index contributed by atoms with van der Waals surface area (Å²) in [6.45, 7) is 7.90. The Hall–Kier alpha value is -1.84. The first-order valence-corrected chi connectivity index (χ1v) is 8.22. The summed E-state index contributed by atoms with van der Waals surface area (Å²) in [4.78, 5) is 0. The number of hydrogen-bond acceptors (Lipinski definition) is 3. The number of aryl methyl sites for hydroxylation is 1. The molecule has 2 N–H and O–H groups in total. The van der Waals surface area contributed by atoms with E-state index in [0.717, 1.165) is 12.3 Å². The van der Waals surface area contributed by atoms with Gasteiger partial charge in [-0.15, -0.1) is 0 Å². The molecule has 0 radical (unpaired) electrons. The molecule has 0 aliphatic carbocycles. The summed E-state index contributed by atoms with van der Waals surface area (Å²) in [6, 6.07) is 16.4. The minimum absolute atomic E-state index is 0.297. The average Bonchev–Trinajstić information content (AvgIpc) is 2.53. The van der Waals surface area contributed by atoms with Crippen molar-refractivity contribution in [1.82, 2.24) is 5.32 Å². The zero-order valence-electron chi connectivity index (χ0n) is 14.3. The fourth-order valence-corrected chi connectivity index (χ4v) is 2.47. The van der Waals surface area contributed by atoms with Crippen molar-refractivity contribution in [3.05, 3.63) is 65.2 Å². The van der Waals surface area contributed by atoms with Crippen molar-refractivity contribution in [1.29, 1.82) is 0 Å². The van der Waals surface area contributed by atoms with Crippen LogP contribution in [0, 0.1) is 6.92 Å². The predicted molar refractivity (Wildman–Crippen MR) is 94.9 cm³/mol. The second-order valence-electron chi connectivity index (χ2n) is 6.28. The van der Waals surface area contributed by atoms with Crippen LogP contribution in [0.4, 0.5) is 0 Å². The molecule has 2 rings (SSSR count). The van der Waals surface area contributed by atoms with E-state index in [9.17, 15) is 5.11 Å². The van der Waals surface area contributed by atoms with Gasteiger partial charge in [0.1, 0.15) is 18.5 Å². The number of benzene rings is 2. The topological polar surface area (TPSA) is 41.5 Å². The molecule has 0 fully saturated rings.